The maximum Gasteiger partial charge on any atom is 0.251 e. The average molecular weight is 386 g/mol. The van der Waals surface area contributed by atoms with Gasteiger partial charge in [0, 0.05) is 23.2 Å². The second-order valence-corrected chi connectivity index (χ2v) is 6.58. The number of aryl methyl sites for hydroxylation is 2. The number of aromatic amines is 1. The minimum absolute atomic E-state index is 0.156. The molecule has 3 aromatic rings. The topological polar surface area (TPSA) is 83.6 Å². The van der Waals surface area contributed by atoms with Crippen LogP contribution in [0.4, 0.5) is 4.39 Å². The van der Waals surface area contributed by atoms with Crippen molar-refractivity contribution in [1.29, 1.82) is 0 Å². The van der Waals surface area contributed by atoms with E-state index in [4.69, 9.17) is 9.47 Å². The molecule has 0 saturated carbocycles. The Balaban J connectivity index is 1.78. The lowest BCUT2D eigenvalue weighted by atomic mass is 10.0. The van der Waals surface area contributed by atoms with Gasteiger partial charge in [-0.15, -0.1) is 0 Å². The zero-order chi connectivity index (χ0) is 20.4. The molecule has 1 aromatic heterocycles. The molecule has 0 aliphatic heterocycles. The van der Waals surface area contributed by atoms with E-state index in [0.29, 0.717) is 24.0 Å². The van der Waals surface area contributed by atoms with Gasteiger partial charge in [-0.2, -0.15) is 0 Å². The largest absolute Gasteiger partial charge is 0.502 e. The van der Waals surface area contributed by atoms with Gasteiger partial charge in [0.2, 0.25) is 5.75 Å². The number of methoxy groups -OCH3 is 2. The summed E-state index contributed by atoms with van der Waals surface area (Å²) < 4.78 is 24.2. The molecule has 0 aliphatic carbocycles. The van der Waals surface area contributed by atoms with Crippen LogP contribution in [-0.4, -0.2) is 36.8 Å². The van der Waals surface area contributed by atoms with Crippen molar-refractivity contribution >= 4 is 16.8 Å². The van der Waals surface area contributed by atoms with Crippen LogP contribution in [0.2, 0.25) is 0 Å². The zero-order valence-corrected chi connectivity index (χ0v) is 16.3. The average Bonchev–Trinajstić information content (AvgIpc) is 3.02. The third-order valence-electron chi connectivity index (χ3n) is 4.83. The minimum atomic E-state index is -0.322. The molecule has 28 heavy (non-hydrogen) atoms. The summed E-state index contributed by atoms with van der Waals surface area (Å²) in [4.78, 5) is 15.6. The number of carbonyl (C=O) groups is 1. The molecule has 0 bridgehead atoms. The number of hydrogen-bond acceptors (Lipinski definition) is 4. The van der Waals surface area contributed by atoms with Crippen LogP contribution in [0.25, 0.3) is 10.9 Å². The van der Waals surface area contributed by atoms with Gasteiger partial charge in [0.25, 0.3) is 5.91 Å². The fraction of sp³-hybridized carbons (Fsp3) is 0.286. The number of rotatable bonds is 6. The Morgan fingerprint density at radius 3 is 2.43 bits per heavy atom. The van der Waals surface area contributed by atoms with Gasteiger partial charge in [-0.05, 0) is 49.6 Å². The number of aromatic nitrogens is 1. The summed E-state index contributed by atoms with van der Waals surface area (Å²) in [6.07, 6.45) is 0.550. The highest BCUT2D eigenvalue weighted by atomic mass is 19.1. The van der Waals surface area contributed by atoms with Crippen molar-refractivity contribution < 1.29 is 23.8 Å². The Hall–Kier alpha value is -3.22. The van der Waals surface area contributed by atoms with Crippen molar-refractivity contribution in [1.82, 2.24) is 10.3 Å². The molecule has 1 amide bonds. The van der Waals surface area contributed by atoms with Gasteiger partial charge in [0.15, 0.2) is 11.5 Å². The third kappa shape index (κ3) is 3.47. The molecule has 0 atom stereocenters. The summed E-state index contributed by atoms with van der Waals surface area (Å²) in [6.45, 7) is 4.20. The number of benzene rings is 2. The molecule has 148 valence electrons. The highest BCUT2D eigenvalue weighted by molar-refractivity contribution is 5.95. The lowest BCUT2D eigenvalue weighted by Gasteiger charge is -2.12. The Bertz CT molecular complexity index is 1020. The number of aromatic hydroxyl groups is 1. The number of amides is 1. The fourth-order valence-electron chi connectivity index (χ4n) is 3.38. The van der Waals surface area contributed by atoms with Crippen molar-refractivity contribution in [3.63, 3.8) is 0 Å². The first-order valence-corrected chi connectivity index (χ1v) is 8.86. The molecular weight excluding hydrogens is 363 g/mol. The predicted molar refractivity (Wildman–Crippen MR) is 105 cm³/mol. The van der Waals surface area contributed by atoms with E-state index in [1.54, 1.807) is 6.07 Å². The third-order valence-corrected chi connectivity index (χ3v) is 4.83. The molecule has 6 nitrogen and oxygen atoms in total. The van der Waals surface area contributed by atoms with Crippen LogP contribution in [-0.2, 0) is 6.42 Å². The first-order chi connectivity index (χ1) is 13.4. The molecule has 0 radical (unpaired) electrons. The molecule has 0 unspecified atom stereocenters. The van der Waals surface area contributed by atoms with Gasteiger partial charge >= 0.3 is 0 Å². The van der Waals surface area contributed by atoms with E-state index in [2.05, 4.69) is 10.3 Å². The summed E-state index contributed by atoms with van der Waals surface area (Å²) in [7, 11) is 2.80. The molecule has 2 aromatic carbocycles. The van der Waals surface area contributed by atoms with Crippen LogP contribution >= 0.6 is 0 Å². The molecule has 3 rings (SSSR count). The summed E-state index contributed by atoms with van der Waals surface area (Å²) >= 11 is 0. The van der Waals surface area contributed by atoms with E-state index in [9.17, 15) is 14.3 Å². The number of ether oxygens (including phenoxy) is 2. The van der Waals surface area contributed by atoms with Crippen molar-refractivity contribution in [2.24, 2.45) is 0 Å². The Kier molecular flexibility index (Phi) is 5.44. The zero-order valence-electron chi connectivity index (χ0n) is 16.3. The van der Waals surface area contributed by atoms with Crippen molar-refractivity contribution in [3.8, 4) is 17.2 Å². The highest BCUT2D eigenvalue weighted by Crippen LogP contribution is 2.37. The Morgan fingerprint density at radius 2 is 1.82 bits per heavy atom. The molecular formula is C21H23FN2O4. The number of hydrogen-bond donors (Lipinski definition) is 3. The maximum absolute atomic E-state index is 14.1. The highest BCUT2D eigenvalue weighted by Gasteiger charge is 2.17. The second-order valence-electron chi connectivity index (χ2n) is 6.58. The molecule has 1 heterocycles. The van der Waals surface area contributed by atoms with Crippen LogP contribution in [0.3, 0.4) is 0 Å². The monoisotopic (exact) mass is 386 g/mol. The van der Waals surface area contributed by atoms with Crippen LogP contribution < -0.4 is 14.8 Å². The number of phenols is 1. The molecule has 3 N–H and O–H groups in total. The predicted octanol–water partition coefficient (Wildman–Crippen LogP) is 3.62. The second kappa shape index (κ2) is 7.80. The number of fused-ring (bicyclic) bond motifs is 1. The van der Waals surface area contributed by atoms with E-state index in [-0.39, 0.29) is 29.0 Å². The lowest BCUT2D eigenvalue weighted by Crippen LogP contribution is -2.25. The van der Waals surface area contributed by atoms with Gasteiger partial charge < -0.3 is 24.9 Å². The van der Waals surface area contributed by atoms with Gasteiger partial charge in [0.1, 0.15) is 5.82 Å². The van der Waals surface area contributed by atoms with E-state index in [1.807, 2.05) is 13.8 Å². The molecule has 0 aliphatic rings. The van der Waals surface area contributed by atoms with Gasteiger partial charge in [-0.1, -0.05) is 6.07 Å². The fourth-order valence-corrected chi connectivity index (χ4v) is 3.38. The van der Waals surface area contributed by atoms with Crippen LogP contribution in [0.5, 0.6) is 17.2 Å². The van der Waals surface area contributed by atoms with E-state index >= 15 is 0 Å². The number of phenolic OH excluding ortho intramolecular Hbond substituents is 1. The summed E-state index contributed by atoms with van der Waals surface area (Å²) in [6, 6.07) is 6.10. The quantitative estimate of drug-likeness (QED) is 0.604. The maximum atomic E-state index is 14.1. The standard InChI is InChI=1S/C21H23FN2O4/c1-11-5-6-15(22)19-18(11)14(12(2)24-19)7-8-23-21(26)13-9-16(27-3)20(25)17(10-13)28-4/h5-6,9-10,24-25H,7-8H2,1-4H3,(H,23,26). The lowest BCUT2D eigenvalue weighted by molar-refractivity contribution is 0.0953. The number of nitrogens with one attached hydrogen (secondary N) is 2. The van der Waals surface area contributed by atoms with Crippen LogP contribution in [0.15, 0.2) is 24.3 Å². The molecule has 0 spiro atoms. The van der Waals surface area contributed by atoms with Gasteiger partial charge in [0.05, 0.1) is 19.7 Å². The minimum Gasteiger partial charge on any atom is -0.502 e. The first-order valence-electron chi connectivity index (χ1n) is 8.86. The van der Waals surface area contributed by atoms with Crippen LogP contribution in [0, 0.1) is 19.7 Å². The first kappa shape index (κ1) is 19.5. The van der Waals surface area contributed by atoms with Gasteiger partial charge in [-0.3, -0.25) is 4.79 Å². The van der Waals surface area contributed by atoms with E-state index in [1.165, 1.54) is 32.4 Å². The Morgan fingerprint density at radius 1 is 1.18 bits per heavy atom. The Labute approximate surface area is 162 Å². The van der Waals surface area contributed by atoms with E-state index < -0.39 is 0 Å². The number of carbonyl (C=O) groups excluding carboxylic acids is 1. The number of H-pyrrole nitrogens is 1. The van der Waals surface area contributed by atoms with Crippen molar-refractivity contribution in [2.45, 2.75) is 20.3 Å². The van der Waals surface area contributed by atoms with Crippen molar-refractivity contribution in [2.75, 3.05) is 20.8 Å². The number of halogens is 1. The SMILES string of the molecule is COc1cc(C(=O)NCCc2c(C)[nH]c3c(F)ccc(C)c23)cc(OC)c1O. The van der Waals surface area contributed by atoms with Crippen molar-refractivity contribution in [3.05, 3.63) is 52.5 Å². The van der Waals surface area contributed by atoms with E-state index in [0.717, 1.165) is 22.2 Å². The summed E-state index contributed by atoms with van der Waals surface area (Å²) in [5.74, 6) is -0.459. The summed E-state index contributed by atoms with van der Waals surface area (Å²) in [5, 5.41) is 13.7. The molecule has 0 saturated heterocycles. The smallest absolute Gasteiger partial charge is 0.251 e. The molecule has 7 heteroatoms. The molecule has 0 fully saturated rings. The van der Waals surface area contributed by atoms with Gasteiger partial charge in [-0.25, -0.2) is 4.39 Å². The van der Waals surface area contributed by atoms with Crippen LogP contribution in [0.1, 0.15) is 27.2 Å². The normalized spacial score (nSPS) is 10.9. The summed E-state index contributed by atoms with van der Waals surface area (Å²) in [5.41, 5.74) is 3.64.